The van der Waals surface area contributed by atoms with Gasteiger partial charge in [-0.15, -0.1) is 0 Å². The van der Waals surface area contributed by atoms with Crippen LogP contribution in [0.2, 0.25) is 0 Å². The van der Waals surface area contributed by atoms with Crippen LogP contribution in [0.3, 0.4) is 0 Å². The fourth-order valence-electron chi connectivity index (χ4n) is 3.13. The van der Waals surface area contributed by atoms with E-state index >= 15 is 0 Å². The Bertz CT molecular complexity index is 505. The fourth-order valence-corrected chi connectivity index (χ4v) is 3.13. The average molecular weight is 269 g/mol. The summed E-state index contributed by atoms with van der Waals surface area (Å²) in [6, 6.07) is 9.01. The number of nitrogens with zero attached hydrogens (tertiary/aromatic N) is 2. The van der Waals surface area contributed by atoms with Crippen LogP contribution in [0.15, 0.2) is 18.2 Å². The molecule has 1 saturated carbocycles. The molecule has 0 amide bonds. The molecular weight excluding hydrogens is 246 g/mol. The van der Waals surface area contributed by atoms with Gasteiger partial charge in [-0.3, -0.25) is 0 Å². The third kappa shape index (κ3) is 2.96. The van der Waals surface area contributed by atoms with Crippen LogP contribution < -0.4 is 10.2 Å². The molecule has 0 radical (unpaired) electrons. The summed E-state index contributed by atoms with van der Waals surface area (Å²) in [5.74, 6) is 0.953. The molecule has 3 rings (SSSR count). The Balaban J connectivity index is 1.61. The number of aryl methyl sites for hydroxylation is 1. The van der Waals surface area contributed by atoms with Gasteiger partial charge in [-0.05, 0) is 56.7 Å². The normalized spacial score (nSPS) is 19.9. The minimum absolute atomic E-state index is 0.668. The zero-order valence-electron chi connectivity index (χ0n) is 12.2. The van der Waals surface area contributed by atoms with E-state index in [1.54, 1.807) is 0 Å². The van der Waals surface area contributed by atoms with Gasteiger partial charge in [0.05, 0.1) is 11.3 Å². The van der Waals surface area contributed by atoms with Gasteiger partial charge in [0, 0.05) is 19.1 Å². The minimum atomic E-state index is 0.668. The van der Waals surface area contributed by atoms with Gasteiger partial charge in [0.1, 0.15) is 6.07 Å². The monoisotopic (exact) mass is 269 g/mol. The van der Waals surface area contributed by atoms with Crippen molar-refractivity contribution in [3.63, 3.8) is 0 Å². The van der Waals surface area contributed by atoms with E-state index in [0.29, 0.717) is 6.04 Å². The molecule has 1 N–H and O–H groups in total. The molecule has 2 aliphatic rings. The molecule has 0 aromatic heterocycles. The summed E-state index contributed by atoms with van der Waals surface area (Å²) in [6.07, 6.45) is 5.21. The van der Waals surface area contributed by atoms with E-state index < -0.39 is 0 Å². The highest BCUT2D eigenvalue weighted by Gasteiger charge is 2.25. The Hall–Kier alpha value is -1.53. The van der Waals surface area contributed by atoms with Crippen molar-refractivity contribution in [3.8, 4) is 6.07 Å². The molecule has 3 nitrogen and oxygen atoms in total. The maximum Gasteiger partial charge on any atom is 0.101 e. The lowest BCUT2D eigenvalue weighted by Gasteiger charge is -2.35. The summed E-state index contributed by atoms with van der Waals surface area (Å²) < 4.78 is 0. The number of piperidine rings is 1. The van der Waals surface area contributed by atoms with Crippen LogP contribution in [-0.2, 0) is 0 Å². The van der Waals surface area contributed by atoms with Crippen molar-refractivity contribution in [3.05, 3.63) is 29.3 Å². The first-order valence-electron chi connectivity index (χ1n) is 7.76. The molecule has 20 heavy (non-hydrogen) atoms. The quantitative estimate of drug-likeness (QED) is 0.913. The Morgan fingerprint density at radius 2 is 2.00 bits per heavy atom. The zero-order chi connectivity index (χ0) is 13.9. The van der Waals surface area contributed by atoms with Gasteiger partial charge in [-0.25, -0.2) is 0 Å². The smallest absolute Gasteiger partial charge is 0.101 e. The lowest BCUT2D eigenvalue weighted by atomic mass is 10.0. The fraction of sp³-hybridized carbons (Fsp3) is 0.588. The number of rotatable bonds is 4. The molecule has 106 valence electrons. The molecule has 1 aromatic rings. The highest BCUT2D eigenvalue weighted by atomic mass is 15.2. The molecule has 1 aromatic carbocycles. The molecule has 0 bridgehead atoms. The molecule has 1 saturated heterocycles. The number of nitrogens with one attached hydrogen (secondary N) is 1. The van der Waals surface area contributed by atoms with Crippen LogP contribution in [0.4, 0.5) is 5.69 Å². The number of hydrogen-bond donors (Lipinski definition) is 1. The van der Waals surface area contributed by atoms with Crippen LogP contribution >= 0.6 is 0 Å². The van der Waals surface area contributed by atoms with Crippen molar-refractivity contribution in [1.29, 1.82) is 5.26 Å². The van der Waals surface area contributed by atoms with Gasteiger partial charge < -0.3 is 10.2 Å². The van der Waals surface area contributed by atoms with E-state index in [-0.39, 0.29) is 0 Å². The van der Waals surface area contributed by atoms with Gasteiger partial charge in [-0.1, -0.05) is 12.1 Å². The summed E-state index contributed by atoms with van der Waals surface area (Å²) in [5, 5.41) is 13.0. The Morgan fingerprint density at radius 1 is 1.25 bits per heavy atom. The van der Waals surface area contributed by atoms with Gasteiger partial charge in [0.25, 0.3) is 0 Å². The lowest BCUT2D eigenvalue weighted by Crippen LogP contribution is -2.43. The number of hydrogen-bond acceptors (Lipinski definition) is 3. The third-order valence-electron chi connectivity index (χ3n) is 4.56. The molecule has 1 aliphatic carbocycles. The van der Waals surface area contributed by atoms with Crippen molar-refractivity contribution >= 4 is 5.69 Å². The van der Waals surface area contributed by atoms with Crippen molar-refractivity contribution in [2.24, 2.45) is 5.92 Å². The van der Waals surface area contributed by atoms with Crippen LogP contribution in [-0.4, -0.2) is 25.7 Å². The third-order valence-corrected chi connectivity index (χ3v) is 4.56. The highest BCUT2D eigenvalue weighted by Crippen LogP contribution is 2.29. The first kappa shape index (κ1) is 13.5. The molecule has 0 spiro atoms. The minimum Gasteiger partial charge on any atom is -0.370 e. The largest absolute Gasteiger partial charge is 0.370 e. The first-order chi connectivity index (χ1) is 9.78. The molecular formula is C17H23N3. The standard InChI is InChI=1S/C17H23N3/c1-13-3-2-4-15(11-18)17(13)20-9-7-16(8-10-20)19-12-14-5-6-14/h2-4,14,16,19H,5-10,12H2,1H3. The van der Waals surface area contributed by atoms with Crippen LogP contribution in [0.5, 0.6) is 0 Å². The molecule has 0 unspecified atom stereocenters. The molecule has 0 atom stereocenters. The van der Waals surface area contributed by atoms with Crippen molar-refractivity contribution in [2.45, 2.75) is 38.6 Å². The van der Waals surface area contributed by atoms with Crippen LogP contribution in [0.25, 0.3) is 0 Å². The van der Waals surface area contributed by atoms with E-state index in [9.17, 15) is 5.26 Å². The van der Waals surface area contributed by atoms with Gasteiger partial charge in [-0.2, -0.15) is 5.26 Å². The molecule has 1 aliphatic heterocycles. The van der Waals surface area contributed by atoms with Crippen LogP contribution in [0.1, 0.15) is 36.8 Å². The predicted octanol–water partition coefficient (Wildman–Crippen LogP) is 2.84. The Morgan fingerprint density at radius 3 is 2.65 bits per heavy atom. The predicted molar refractivity (Wildman–Crippen MR) is 81.9 cm³/mol. The van der Waals surface area contributed by atoms with E-state index in [0.717, 1.165) is 30.3 Å². The van der Waals surface area contributed by atoms with Crippen molar-refractivity contribution in [2.75, 3.05) is 24.5 Å². The highest BCUT2D eigenvalue weighted by molar-refractivity contribution is 5.64. The lowest BCUT2D eigenvalue weighted by molar-refractivity contribution is 0.408. The number of para-hydroxylation sites is 1. The topological polar surface area (TPSA) is 39.1 Å². The van der Waals surface area contributed by atoms with E-state index in [4.69, 9.17) is 0 Å². The van der Waals surface area contributed by atoms with Gasteiger partial charge in [0.15, 0.2) is 0 Å². The first-order valence-corrected chi connectivity index (χ1v) is 7.76. The summed E-state index contributed by atoms with van der Waals surface area (Å²) in [5.41, 5.74) is 3.18. The van der Waals surface area contributed by atoms with Crippen molar-refractivity contribution < 1.29 is 0 Å². The van der Waals surface area contributed by atoms with Crippen LogP contribution in [0, 0.1) is 24.2 Å². The number of nitriles is 1. The second-order valence-corrected chi connectivity index (χ2v) is 6.20. The molecule has 2 fully saturated rings. The summed E-state index contributed by atoms with van der Waals surface area (Å²) in [7, 11) is 0. The summed E-state index contributed by atoms with van der Waals surface area (Å²) in [4.78, 5) is 2.39. The Labute approximate surface area is 121 Å². The summed E-state index contributed by atoms with van der Waals surface area (Å²) >= 11 is 0. The van der Waals surface area contributed by atoms with Crippen molar-refractivity contribution in [1.82, 2.24) is 5.32 Å². The average Bonchev–Trinajstić information content (AvgIpc) is 3.30. The second kappa shape index (κ2) is 5.85. The van der Waals surface area contributed by atoms with Gasteiger partial charge >= 0.3 is 0 Å². The number of anilines is 1. The summed E-state index contributed by atoms with van der Waals surface area (Å²) in [6.45, 7) is 5.43. The number of benzene rings is 1. The van der Waals surface area contributed by atoms with E-state index in [1.807, 2.05) is 12.1 Å². The maximum absolute atomic E-state index is 9.29. The van der Waals surface area contributed by atoms with E-state index in [1.165, 1.54) is 37.8 Å². The second-order valence-electron chi connectivity index (χ2n) is 6.20. The molecule has 3 heteroatoms. The Kier molecular flexibility index (Phi) is 3.93. The SMILES string of the molecule is Cc1cccc(C#N)c1N1CCC(NCC2CC2)CC1. The zero-order valence-corrected chi connectivity index (χ0v) is 12.2. The molecule has 1 heterocycles. The van der Waals surface area contributed by atoms with E-state index in [2.05, 4.69) is 29.3 Å². The van der Waals surface area contributed by atoms with Gasteiger partial charge in [0.2, 0.25) is 0 Å². The maximum atomic E-state index is 9.29.